The van der Waals surface area contributed by atoms with Gasteiger partial charge in [-0.15, -0.1) is 10.2 Å². The first-order chi connectivity index (χ1) is 8.19. The molecular formula is C11H12ClN3OS. The monoisotopic (exact) mass is 269 g/mol. The Kier molecular flexibility index (Phi) is 3.81. The summed E-state index contributed by atoms with van der Waals surface area (Å²) in [5, 5.41) is 13.2. The summed E-state index contributed by atoms with van der Waals surface area (Å²) in [7, 11) is 1.81. The van der Waals surface area contributed by atoms with E-state index in [0.717, 1.165) is 21.5 Å². The van der Waals surface area contributed by atoms with Crippen LogP contribution in [-0.2, 0) is 6.61 Å². The highest BCUT2D eigenvalue weighted by molar-refractivity contribution is 7.15. The third-order valence-corrected chi connectivity index (χ3v) is 3.32. The Bertz CT molecular complexity index is 515. The summed E-state index contributed by atoms with van der Waals surface area (Å²) in [6.45, 7) is 2.38. The minimum atomic E-state index is 0.418. The molecule has 0 aliphatic carbocycles. The molecule has 1 aromatic carbocycles. The number of halogens is 1. The third-order valence-electron chi connectivity index (χ3n) is 2.17. The van der Waals surface area contributed by atoms with Gasteiger partial charge in [-0.3, -0.25) is 0 Å². The maximum atomic E-state index is 5.87. The van der Waals surface area contributed by atoms with Gasteiger partial charge in [-0.05, 0) is 30.7 Å². The quantitative estimate of drug-likeness (QED) is 0.926. The molecule has 1 heterocycles. The van der Waals surface area contributed by atoms with Gasteiger partial charge in [0.2, 0.25) is 5.13 Å². The van der Waals surface area contributed by atoms with Crippen molar-refractivity contribution in [2.24, 2.45) is 0 Å². The van der Waals surface area contributed by atoms with Crippen molar-refractivity contribution in [1.82, 2.24) is 10.2 Å². The smallest absolute Gasteiger partial charge is 0.205 e. The Morgan fingerprint density at radius 2 is 2.24 bits per heavy atom. The molecule has 2 rings (SSSR count). The van der Waals surface area contributed by atoms with Gasteiger partial charge in [-0.2, -0.15) is 0 Å². The molecule has 0 spiro atoms. The van der Waals surface area contributed by atoms with Crippen LogP contribution in [0.2, 0.25) is 5.02 Å². The van der Waals surface area contributed by atoms with Gasteiger partial charge in [0.1, 0.15) is 12.4 Å². The zero-order valence-electron chi connectivity index (χ0n) is 9.53. The molecule has 6 heteroatoms. The summed E-state index contributed by atoms with van der Waals surface area (Å²) in [5.74, 6) is 0.815. The normalized spacial score (nSPS) is 10.3. The topological polar surface area (TPSA) is 47.0 Å². The number of hydrogen-bond donors (Lipinski definition) is 1. The van der Waals surface area contributed by atoms with E-state index in [-0.39, 0.29) is 0 Å². The van der Waals surface area contributed by atoms with Gasteiger partial charge in [0, 0.05) is 12.1 Å². The molecule has 90 valence electrons. The van der Waals surface area contributed by atoms with Gasteiger partial charge in [0.05, 0.1) is 0 Å². The molecule has 1 aromatic heterocycles. The van der Waals surface area contributed by atoms with Crippen molar-refractivity contribution in [3.05, 3.63) is 33.8 Å². The molecule has 0 radical (unpaired) electrons. The molecule has 0 amide bonds. The predicted octanol–water partition coefficient (Wildman–Crippen LogP) is 3.12. The van der Waals surface area contributed by atoms with Gasteiger partial charge in [0.25, 0.3) is 0 Å². The molecule has 0 aliphatic rings. The molecule has 0 saturated heterocycles. The number of aromatic nitrogens is 2. The highest BCUT2D eigenvalue weighted by Gasteiger charge is 2.05. The van der Waals surface area contributed by atoms with E-state index in [9.17, 15) is 0 Å². The van der Waals surface area contributed by atoms with E-state index in [2.05, 4.69) is 15.5 Å². The van der Waals surface area contributed by atoms with Crippen LogP contribution >= 0.6 is 22.9 Å². The van der Waals surface area contributed by atoms with Gasteiger partial charge < -0.3 is 10.1 Å². The minimum absolute atomic E-state index is 0.418. The first kappa shape index (κ1) is 12.1. The average molecular weight is 270 g/mol. The fraction of sp³-hybridized carbons (Fsp3) is 0.273. The van der Waals surface area contributed by atoms with Crippen LogP contribution in [0, 0.1) is 6.92 Å². The molecular weight excluding hydrogens is 258 g/mol. The number of nitrogens with zero attached hydrogens (tertiary/aromatic N) is 2. The summed E-state index contributed by atoms with van der Waals surface area (Å²) >= 11 is 7.35. The standard InChI is InChI=1S/C11H12ClN3OS/c1-7-5-8(12)3-4-9(7)16-6-10-14-15-11(13-2)17-10/h3-5H,6H2,1-2H3,(H,13,15). The van der Waals surface area contributed by atoms with Crippen molar-refractivity contribution in [2.45, 2.75) is 13.5 Å². The molecule has 0 aliphatic heterocycles. The van der Waals surface area contributed by atoms with Gasteiger partial charge in [-0.25, -0.2) is 0 Å². The van der Waals surface area contributed by atoms with E-state index >= 15 is 0 Å². The molecule has 2 aromatic rings. The largest absolute Gasteiger partial charge is 0.486 e. The number of hydrogen-bond acceptors (Lipinski definition) is 5. The third kappa shape index (κ3) is 3.08. The number of aryl methyl sites for hydroxylation is 1. The minimum Gasteiger partial charge on any atom is -0.486 e. The molecule has 4 nitrogen and oxygen atoms in total. The number of ether oxygens (including phenoxy) is 1. The summed E-state index contributed by atoms with van der Waals surface area (Å²) in [4.78, 5) is 0. The Morgan fingerprint density at radius 3 is 2.88 bits per heavy atom. The number of nitrogens with one attached hydrogen (secondary N) is 1. The van der Waals surface area contributed by atoms with E-state index in [1.165, 1.54) is 11.3 Å². The number of benzene rings is 1. The Labute approximate surface area is 109 Å². The van der Waals surface area contributed by atoms with Crippen LogP contribution in [0.25, 0.3) is 0 Å². The van der Waals surface area contributed by atoms with Crippen molar-refractivity contribution in [3.8, 4) is 5.75 Å². The van der Waals surface area contributed by atoms with Crippen molar-refractivity contribution >= 4 is 28.1 Å². The van der Waals surface area contributed by atoms with Crippen LogP contribution in [0.1, 0.15) is 10.6 Å². The van der Waals surface area contributed by atoms with Crippen molar-refractivity contribution in [1.29, 1.82) is 0 Å². The molecule has 17 heavy (non-hydrogen) atoms. The lowest BCUT2D eigenvalue weighted by molar-refractivity contribution is 0.302. The number of rotatable bonds is 4. The van der Waals surface area contributed by atoms with E-state index in [4.69, 9.17) is 16.3 Å². The summed E-state index contributed by atoms with van der Waals surface area (Å²) < 4.78 is 5.66. The maximum Gasteiger partial charge on any atom is 0.205 e. The molecule has 0 unspecified atom stereocenters. The van der Waals surface area contributed by atoms with Crippen molar-refractivity contribution in [3.63, 3.8) is 0 Å². The molecule has 1 N–H and O–H groups in total. The van der Waals surface area contributed by atoms with Gasteiger partial charge in [-0.1, -0.05) is 22.9 Å². The van der Waals surface area contributed by atoms with Crippen LogP contribution in [-0.4, -0.2) is 17.2 Å². The molecule has 0 saturated carbocycles. The lowest BCUT2D eigenvalue weighted by Gasteiger charge is -2.07. The Morgan fingerprint density at radius 1 is 1.41 bits per heavy atom. The summed E-state index contributed by atoms with van der Waals surface area (Å²) in [5.41, 5.74) is 1.01. The van der Waals surface area contributed by atoms with Gasteiger partial charge >= 0.3 is 0 Å². The Hall–Kier alpha value is -1.33. The summed E-state index contributed by atoms with van der Waals surface area (Å²) in [6.07, 6.45) is 0. The SMILES string of the molecule is CNc1nnc(COc2ccc(Cl)cc2C)s1. The van der Waals surface area contributed by atoms with Crippen molar-refractivity contribution < 1.29 is 4.74 Å². The van der Waals surface area contributed by atoms with Crippen LogP contribution in [0.3, 0.4) is 0 Å². The van der Waals surface area contributed by atoms with Gasteiger partial charge in [0.15, 0.2) is 5.01 Å². The lowest BCUT2D eigenvalue weighted by atomic mass is 10.2. The second-order valence-corrected chi connectivity index (χ2v) is 4.95. The molecule has 0 atom stereocenters. The second kappa shape index (κ2) is 5.33. The van der Waals surface area contributed by atoms with E-state index in [1.54, 1.807) is 0 Å². The first-order valence-electron chi connectivity index (χ1n) is 5.08. The Balaban J connectivity index is 2.02. The van der Waals surface area contributed by atoms with Crippen LogP contribution < -0.4 is 10.1 Å². The molecule has 0 bridgehead atoms. The fourth-order valence-corrected chi connectivity index (χ4v) is 2.16. The lowest BCUT2D eigenvalue weighted by Crippen LogP contribution is -1.96. The summed E-state index contributed by atoms with van der Waals surface area (Å²) in [6, 6.07) is 5.54. The van der Waals surface area contributed by atoms with Crippen LogP contribution in [0.5, 0.6) is 5.75 Å². The fourth-order valence-electron chi connectivity index (χ4n) is 1.33. The average Bonchev–Trinajstić information content (AvgIpc) is 2.76. The van der Waals surface area contributed by atoms with Crippen LogP contribution in [0.4, 0.5) is 5.13 Å². The van der Waals surface area contributed by atoms with E-state index < -0.39 is 0 Å². The highest BCUT2D eigenvalue weighted by Crippen LogP contribution is 2.23. The van der Waals surface area contributed by atoms with Crippen molar-refractivity contribution in [2.75, 3.05) is 12.4 Å². The van der Waals surface area contributed by atoms with Crippen LogP contribution in [0.15, 0.2) is 18.2 Å². The van der Waals surface area contributed by atoms with E-state index in [0.29, 0.717) is 11.6 Å². The first-order valence-corrected chi connectivity index (χ1v) is 6.27. The van der Waals surface area contributed by atoms with E-state index in [1.807, 2.05) is 32.2 Å². The second-order valence-electron chi connectivity index (χ2n) is 3.45. The maximum absolute atomic E-state index is 5.87. The highest BCUT2D eigenvalue weighted by atomic mass is 35.5. The zero-order chi connectivity index (χ0) is 12.3. The predicted molar refractivity (Wildman–Crippen MR) is 70.0 cm³/mol. The zero-order valence-corrected chi connectivity index (χ0v) is 11.1. The number of anilines is 1. The molecule has 0 fully saturated rings.